The van der Waals surface area contributed by atoms with Crippen LogP contribution in [-0.2, 0) is 0 Å². The first kappa shape index (κ1) is 13.1. The SMILES string of the molecule is C=CCCCC(O)c1cc(Cl)ccc1OC. The van der Waals surface area contributed by atoms with E-state index in [1.54, 1.807) is 25.3 Å². The van der Waals surface area contributed by atoms with Crippen molar-refractivity contribution < 1.29 is 9.84 Å². The number of unbranched alkanes of at least 4 members (excludes halogenated alkanes) is 1. The van der Waals surface area contributed by atoms with Crippen LogP contribution in [0.15, 0.2) is 30.9 Å². The summed E-state index contributed by atoms with van der Waals surface area (Å²) in [5, 5.41) is 10.6. The third-order valence-corrected chi connectivity index (χ3v) is 2.67. The lowest BCUT2D eigenvalue weighted by Gasteiger charge is -2.14. The molecule has 1 rings (SSSR count). The van der Waals surface area contributed by atoms with Crippen molar-refractivity contribution >= 4 is 11.6 Å². The summed E-state index contributed by atoms with van der Waals surface area (Å²) in [5.41, 5.74) is 0.749. The lowest BCUT2D eigenvalue weighted by molar-refractivity contribution is 0.161. The number of benzene rings is 1. The highest BCUT2D eigenvalue weighted by Crippen LogP contribution is 2.30. The molecule has 88 valence electrons. The number of halogens is 1. The number of allylic oxidation sites excluding steroid dienone is 1. The number of ether oxygens (including phenoxy) is 1. The van der Waals surface area contributed by atoms with Crippen molar-refractivity contribution in [3.05, 3.63) is 41.4 Å². The first-order valence-electron chi connectivity index (χ1n) is 5.31. The van der Waals surface area contributed by atoms with Crippen LogP contribution in [0.5, 0.6) is 5.75 Å². The number of rotatable bonds is 6. The fourth-order valence-corrected chi connectivity index (χ4v) is 1.76. The van der Waals surface area contributed by atoms with Crippen LogP contribution in [0.25, 0.3) is 0 Å². The molecule has 3 heteroatoms. The van der Waals surface area contributed by atoms with Crippen LogP contribution in [0.1, 0.15) is 30.9 Å². The Labute approximate surface area is 102 Å². The van der Waals surface area contributed by atoms with Crippen molar-refractivity contribution in [3.63, 3.8) is 0 Å². The fraction of sp³-hybridized carbons (Fsp3) is 0.385. The van der Waals surface area contributed by atoms with Crippen LogP contribution in [0, 0.1) is 0 Å². The molecular weight excluding hydrogens is 224 g/mol. The molecule has 0 aliphatic rings. The minimum absolute atomic E-state index is 0.534. The normalized spacial score (nSPS) is 12.2. The van der Waals surface area contributed by atoms with E-state index in [2.05, 4.69) is 6.58 Å². The third-order valence-electron chi connectivity index (χ3n) is 2.44. The first-order chi connectivity index (χ1) is 7.69. The highest BCUT2D eigenvalue weighted by molar-refractivity contribution is 6.30. The Kier molecular flexibility index (Phi) is 5.36. The molecule has 0 spiro atoms. The fourth-order valence-electron chi connectivity index (χ4n) is 1.58. The van der Waals surface area contributed by atoms with Gasteiger partial charge in [-0.15, -0.1) is 6.58 Å². The summed E-state index contributed by atoms with van der Waals surface area (Å²) in [7, 11) is 1.59. The Bertz CT molecular complexity index is 350. The molecule has 1 unspecified atom stereocenters. The third kappa shape index (κ3) is 3.54. The summed E-state index contributed by atoms with van der Waals surface area (Å²) in [6.07, 6.45) is 3.80. The van der Waals surface area contributed by atoms with Crippen LogP contribution in [0.3, 0.4) is 0 Å². The minimum atomic E-state index is -0.534. The molecule has 0 heterocycles. The van der Waals surface area contributed by atoms with E-state index in [1.165, 1.54) is 0 Å². The van der Waals surface area contributed by atoms with Crippen molar-refractivity contribution in [2.45, 2.75) is 25.4 Å². The maximum Gasteiger partial charge on any atom is 0.124 e. The van der Waals surface area contributed by atoms with Gasteiger partial charge in [0.2, 0.25) is 0 Å². The predicted molar refractivity (Wildman–Crippen MR) is 67.0 cm³/mol. The Morgan fingerprint density at radius 2 is 2.31 bits per heavy atom. The number of hydrogen-bond acceptors (Lipinski definition) is 2. The van der Waals surface area contributed by atoms with E-state index in [0.717, 1.165) is 18.4 Å². The lowest BCUT2D eigenvalue weighted by atomic mass is 10.0. The van der Waals surface area contributed by atoms with Gasteiger partial charge in [0.15, 0.2) is 0 Å². The highest BCUT2D eigenvalue weighted by Gasteiger charge is 2.13. The zero-order chi connectivity index (χ0) is 12.0. The summed E-state index contributed by atoms with van der Waals surface area (Å²) < 4.78 is 5.19. The Morgan fingerprint density at radius 1 is 1.56 bits per heavy atom. The predicted octanol–water partition coefficient (Wildman–Crippen LogP) is 3.74. The highest BCUT2D eigenvalue weighted by atomic mass is 35.5. The van der Waals surface area contributed by atoms with E-state index < -0.39 is 6.10 Å². The molecule has 1 aromatic rings. The molecule has 0 amide bonds. The maximum atomic E-state index is 10.0. The van der Waals surface area contributed by atoms with Crippen LogP contribution in [-0.4, -0.2) is 12.2 Å². The van der Waals surface area contributed by atoms with Crippen molar-refractivity contribution in [1.82, 2.24) is 0 Å². The van der Waals surface area contributed by atoms with Gasteiger partial charge in [0.1, 0.15) is 5.75 Å². The smallest absolute Gasteiger partial charge is 0.124 e. The summed E-state index contributed by atoms with van der Waals surface area (Å²) in [4.78, 5) is 0. The van der Waals surface area contributed by atoms with Crippen LogP contribution >= 0.6 is 11.6 Å². The maximum absolute atomic E-state index is 10.0. The van der Waals surface area contributed by atoms with E-state index in [0.29, 0.717) is 17.2 Å². The monoisotopic (exact) mass is 240 g/mol. The van der Waals surface area contributed by atoms with Crippen LogP contribution < -0.4 is 4.74 Å². The van der Waals surface area contributed by atoms with Gasteiger partial charge in [-0.1, -0.05) is 17.7 Å². The van der Waals surface area contributed by atoms with Gasteiger partial charge in [0.05, 0.1) is 13.2 Å². The van der Waals surface area contributed by atoms with Gasteiger partial charge in [0.25, 0.3) is 0 Å². The molecule has 0 saturated carbocycles. The zero-order valence-electron chi connectivity index (χ0n) is 9.45. The molecule has 0 aliphatic heterocycles. The summed E-state index contributed by atoms with van der Waals surface area (Å²) >= 11 is 5.90. The molecule has 1 aromatic carbocycles. The molecule has 0 bridgehead atoms. The average Bonchev–Trinajstić information content (AvgIpc) is 2.29. The summed E-state index contributed by atoms with van der Waals surface area (Å²) in [6, 6.07) is 5.27. The number of aliphatic hydroxyl groups is 1. The molecular formula is C13H17ClO2. The molecule has 1 atom stereocenters. The average molecular weight is 241 g/mol. The van der Waals surface area contributed by atoms with Gasteiger partial charge < -0.3 is 9.84 Å². The van der Waals surface area contributed by atoms with E-state index in [4.69, 9.17) is 16.3 Å². The van der Waals surface area contributed by atoms with Crippen molar-refractivity contribution in [1.29, 1.82) is 0 Å². The topological polar surface area (TPSA) is 29.5 Å². The zero-order valence-corrected chi connectivity index (χ0v) is 10.2. The standard InChI is InChI=1S/C13H17ClO2/c1-3-4-5-6-12(15)11-9-10(14)7-8-13(11)16-2/h3,7-9,12,15H,1,4-6H2,2H3. The van der Waals surface area contributed by atoms with Crippen LogP contribution in [0.4, 0.5) is 0 Å². The molecule has 0 saturated heterocycles. The Balaban J connectivity index is 2.75. The quantitative estimate of drug-likeness (QED) is 0.606. The van der Waals surface area contributed by atoms with Crippen molar-refractivity contribution in [2.75, 3.05) is 7.11 Å². The molecule has 2 nitrogen and oxygen atoms in total. The van der Waals surface area contributed by atoms with Crippen molar-refractivity contribution in [2.24, 2.45) is 0 Å². The minimum Gasteiger partial charge on any atom is -0.496 e. The van der Waals surface area contributed by atoms with E-state index >= 15 is 0 Å². The van der Waals surface area contributed by atoms with Crippen molar-refractivity contribution in [3.8, 4) is 5.75 Å². The molecule has 0 radical (unpaired) electrons. The molecule has 1 N–H and O–H groups in total. The van der Waals surface area contributed by atoms with Gasteiger partial charge in [-0.2, -0.15) is 0 Å². The summed E-state index contributed by atoms with van der Waals surface area (Å²) in [5.74, 6) is 0.676. The molecule has 0 aliphatic carbocycles. The molecule has 0 aromatic heterocycles. The number of methoxy groups -OCH3 is 1. The van der Waals surface area contributed by atoms with E-state index in [9.17, 15) is 5.11 Å². The Morgan fingerprint density at radius 3 is 2.94 bits per heavy atom. The van der Waals surface area contributed by atoms with Crippen LogP contribution in [0.2, 0.25) is 5.02 Å². The van der Waals surface area contributed by atoms with E-state index in [-0.39, 0.29) is 0 Å². The second-order valence-corrected chi connectivity index (χ2v) is 4.06. The Hall–Kier alpha value is -0.990. The summed E-state index contributed by atoms with van der Waals surface area (Å²) in [6.45, 7) is 3.65. The molecule has 0 fully saturated rings. The van der Waals surface area contributed by atoms with Gasteiger partial charge in [-0.05, 0) is 37.5 Å². The first-order valence-corrected chi connectivity index (χ1v) is 5.69. The number of hydrogen-bond donors (Lipinski definition) is 1. The number of aliphatic hydroxyl groups excluding tert-OH is 1. The largest absolute Gasteiger partial charge is 0.496 e. The van der Waals surface area contributed by atoms with Gasteiger partial charge in [-0.25, -0.2) is 0 Å². The van der Waals surface area contributed by atoms with Gasteiger partial charge >= 0.3 is 0 Å². The second-order valence-electron chi connectivity index (χ2n) is 3.62. The lowest BCUT2D eigenvalue weighted by Crippen LogP contribution is -2.00. The van der Waals surface area contributed by atoms with E-state index in [1.807, 2.05) is 6.08 Å². The van der Waals surface area contributed by atoms with Gasteiger partial charge in [0, 0.05) is 10.6 Å². The van der Waals surface area contributed by atoms with Gasteiger partial charge in [-0.3, -0.25) is 0 Å². The molecule has 16 heavy (non-hydrogen) atoms. The second kappa shape index (κ2) is 6.56.